The molecule has 2 aromatic carbocycles. The molecule has 0 spiro atoms. The molecule has 0 aliphatic carbocycles. The van der Waals surface area contributed by atoms with Crippen LogP contribution in [0.25, 0.3) is 0 Å². The number of halogens is 1. The second kappa shape index (κ2) is 6.85. The van der Waals surface area contributed by atoms with Gasteiger partial charge in [0.1, 0.15) is 0 Å². The highest BCUT2D eigenvalue weighted by Crippen LogP contribution is 2.28. The maximum absolute atomic E-state index is 12.4. The van der Waals surface area contributed by atoms with Crippen molar-refractivity contribution in [2.24, 2.45) is 5.92 Å². The fourth-order valence-corrected chi connectivity index (χ4v) is 5.09. The van der Waals surface area contributed by atoms with Gasteiger partial charge in [-0.05, 0) is 55.0 Å². The lowest BCUT2D eigenvalue weighted by molar-refractivity contribution is -0.119. The van der Waals surface area contributed by atoms with E-state index >= 15 is 0 Å². The quantitative estimate of drug-likeness (QED) is 0.799. The van der Waals surface area contributed by atoms with E-state index in [0.29, 0.717) is 11.3 Å². The standard InChI is InChI=1S/C18H17BrN2O4S/c1-11-9-14(19)5-8-16(11)20-17(22)13-3-6-15(7-4-13)21-18(23)12(2)10-26(21,24)25/h3-9,12H,10H2,1-2H3,(H,20,22). The van der Waals surface area contributed by atoms with Gasteiger partial charge in [-0.25, -0.2) is 12.7 Å². The van der Waals surface area contributed by atoms with Crippen molar-refractivity contribution in [3.05, 3.63) is 58.1 Å². The molecule has 2 aromatic rings. The average molecular weight is 437 g/mol. The molecule has 0 bridgehead atoms. The van der Waals surface area contributed by atoms with Crippen LogP contribution in [-0.4, -0.2) is 26.0 Å². The van der Waals surface area contributed by atoms with E-state index < -0.39 is 21.8 Å². The van der Waals surface area contributed by atoms with Crippen molar-refractivity contribution in [2.45, 2.75) is 13.8 Å². The van der Waals surface area contributed by atoms with Crippen molar-refractivity contribution >= 4 is 49.1 Å². The van der Waals surface area contributed by atoms with Crippen LogP contribution >= 0.6 is 15.9 Å². The van der Waals surface area contributed by atoms with Crippen LogP contribution in [0.15, 0.2) is 46.9 Å². The molecule has 136 valence electrons. The van der Waals surface area contributed by atoms with E-state index in [-0.39, 0.29) is 17.3 Å². The van der Waals surface area contributed by atoms with Crippen molar-refractivity contribution in [3.8, 4) is 0 Å². The Morgan fingerprint density at radius 3 is 2.38 bits per heavy atom. The molecule has 0 saturated carbocycles. The van der Waals surface area contributed by atoms with Crippen LogP contribution < -0.4 is 9.62 Å². The van der Waals surface area contributed by atoms with E-state index in [1.807, 2.05) is 19.1 Å². The van der Waals surface area contributed by atoms with Crippen LogP contribution in [0.4, 0.5) is 11.4 Å². The third kappa shape index (κ3) is 3.52. The summed E-state index contributed by atoms with van der Waals surface area (Å²) in [5.41, 5.74) is 2.21. The van der Waals surface area contributed by atoms with Crippen molar-refractivity contribution in [1.82, 2.24) is 0 Å². The highest BCUT2D eigenvalue weighted by atomic mass is 79.9. The summed E-state index contributed by atoms with van der Waals surface area (Å²) >= 11 is 3.37. The average Bonchev–Trinajstić information content (AvgIpc) is 2.77. The zero-order valence-electron chi connectivity index (χ0n) is 14.2. The third-order valence-corrected chi connectivity index (χ3v) is 6.52. The number of benzene rings is 2. The molecule has 0 radical (unpaired) electrons. The van der Waals surface area contributed by atoms with Crippen LogP contribution in [0.1, 0.15) is 22.8 Å². The Balaban J connectivity index is 1.81. The van der Waals surface area contributed by atoms with Crippen molar-refractivity contribution in [1.29, 1.82) is 0 Å². The molecule has 0 aromatic heterocycles. The Kier molecular flexibility index (Phi) is 4.90. The number of aryl methyl sites for hydroxylation is 1. The second-order valence-corrected chi connectivity index (χ2v) is 9.02. The summed E-state index contributed by atoms with van der Waals surface area (Å²) in [4.78, 5) is 24.5. The summed E-state index contributed by atoms with van der Waals surface area (Å²) in [6.45, 7) is 3.47. The first-order chi connectivity index (χ1) is 12.2. The van der Waals surface area contributed by atoms with Gasteiger partial charge in [-0.3, -0.25) is 9.59 Å². The minimum absolute atomic E-state index is 0.198. The van der Waals surface area contributed by atoms with Crippen LogP contribution in [-0.2, 0) is 14.8 Å². The molecule has 1 atom stereocenters. The Morgan fingerprint density at radius 1 is 1.19 bits per heavy atom. The lowest BCUT2D eigenvalue weighted by atomic mass is 10.1. The summed E-state index contributed by atoms with van der Waals surface area (Å²) in [7, 11) is -3.65. The molecule has 1 saturated heterocycles. The van der Waals surface area contributed by atoms with Gasteiger partial charge < -0.3 is 5.32 Å². The zero-order valence-corrected chi connectivity index (χ0v) is 16.6. The summed E-state index contributed by atoms with van der Waals surface area (Å²) in [5, 5.41) is 2.82. The Bertz CT molecular complexity index is 987. The maximum Gasteiger partial charge on any atom is 0.255 e. The van der Waals surface area contributed by atoms with E-state index in [0.717, 1.165) is 14.3 Å². The number of nitrogens with zero attached hydrogens (tertiary/aromatic N) is 1. The summed E-state index contributed by atoms with van der Waals surface area (Å²) in [5.74, 6) is -1.53. The van der Waals surface area contributed by atoms with E-state index in [2.05, 4.69) is 21.2 Å². The number of sulfonamides is 1. The molecule has 3 rings (SSSR count). The van der Waals surface area contributed by atoms with Crippen LogP contribution in [0, 0.1) is 12.8 Å². The topological polar surface area (TPSA) is 83.6 Å². The van der Waals surface area contributed by atoms with Gasteiger partial charge in [0, 0.05) is 15.7 Å². The molecule has 1 unspecified atom stereocenters. The molecule has 26 heavy (non-hydrogen) atoms. The van der Waals surface area contributed by atoms with Gasteiger partial charge in [0.25, 0.3) is 5.91 Å². The minimum Gasteiger partial charge on any atom is -0.322 e. The highest BCUT2D eigenvalue weighted by Gasteiger charge is 2.41. The monoisotopic (exact) mass is 436 g/mol. The Morgan fingerprint density at radius 2 is 1.85 bits per heavy atom. The fourth-order valence-electron chi connectivity index (χ4n) is 2.80. The molecule has 1 aliphatic heterocycles. The molecule has 1 fully saturated rings. The number of hydrogen-bond donors (Lipinski definition) is 1. The number of anilines is 2. The fraction of sp³-hybridized carbons (Fsp3) is 0.222. The molecule has 8 heteroatoms. The predicted molar refractivity (Wildman–Crippen MR) is 104 cm³/mol. The summed E-state index contributed by atoms with van der Waals surface area (Å²) in [6, 6.07) is 11.5. The summed E-state index contributed by atoms with van der Waals surface area (Å²) in [6.07, 6.45) is 0. The maximum atomic E-state index is 12.4. The SMILES string of the molecule is Cc1cc(Br)ccc1NC(=O)c1ccc(N2C(=O)C(C)CS2(=O)=O)cc1. The number of amides is 2. The van der Waals surface area contributed by atoms with Crippen molar-refractivity contribution in [3.63, 3.8) is 0 Å². The van der Waals surface area contributed by atoms with Gasteiger partial charge in [-0.2, -0.15) is 0 Å². The molecular formula is C18H17BrN2O4S. The molecule has 2 amide bonds. The van der Waals surface area contributed by atoms with Crippen molar-refractivity contribution in [2.75, 3.05) is 15.4 Å². The predicted octanol–water partition coefficient (Wildman–Crippen LogP) is 3.32. The van der Waals surface area contributed by atoms with Crippen molar-refractivity contribution < 1.29 is 18.0 Å². The Hall–Kier alpha value is -2.19. The minimum atomic E-state index is -3.65. The molecule has 1 N–H and O–H groups in total. The van der Waals surface area contributed by atoms with Gasteiger partial charge in [-0.15, -0.1) is 0 Å². The van der Waals surface area contributed by atoms with E-state index in [1.165, 1.54) is 24.3 Å². The summed E-state index contributed by atoms with van der Waals surface area (Å²) < 4.78 is 26.0. The van der Waals surface area contributed by atoms with Gasteiger partial charge >= 0.3 is 0 Å². The lowest BCUT2D eigenvalue weighted by Crippen LogP contribution is -2.30. The first-order valence-electron chi connectivity index (χ1n) is 7.93. The molecule has 1 aliphatic rings. The van der Waals surface area contributed by atoms with Crippen LogP contribution in [0.5, 0.6) is 0 Å². The smallest absolute Gasteiger partial charge is 0.255 e. The lowest BCUT2D eigenvalue weighted by Gasteiger charge is -2.15. The number of hydrogen-bond acceptors (Lipinski definition) is 4. The third-order valence-electron chi connectivity index (χ3n) is 4.16. The highest BCUT2D eigenvalue weighted by molar-refractivity contribution is 9.10. The van der Waals surface area contributed by atoms with E-state index in [1.54, 1.807) is 13.0 Å². The van der Waals surface area contributed by atoms with Gasteiger partial charge in [0.05, 0.1) is 17.4 Å². The first-order valence-corrected chi connectivity index (χ1v) is 10.3. The molecule has 1 heterocycles. The number of nitrogens with one attached hydrogen (secondary N) is 1. The Labute approximate surface area is 160 Å². The first kappa shape index (κ1) is 18.6. The van der Waals surface area contributed by atoms with E-state index in [9.17, 15) is 18.0 Å². The number of rotatable bonds is 3. The van der Waals surface area contributed by atoms with Gasteiger partial charge in [0.2, 0.25) is 15.9 Å². The van der Waals surface area contributed by atoms with Crippen LogP contribution in [0.2, 0.25) is 0 Å². The normalized spacial score (nSPS) is 18.8. The van der Waals surface area contributed by atoms with E-state index in [4.69, 9.17) is 0 Å². The zero-order chi connectivity index (χ0) is 19.1. The molecule has 6 nitrogen and oxygen atoms in total. The largest absolute Gasteiger partial charge is 0.322 e. The van der Waals surface area contributed by atoms with Crippen LogP contribution in [0.3, 0.4) is 0 Å². The van der Waals surface area contributed by atoms with Gasteiger partial charge in [-0.1, -0.05) is 22.9 Å². The number of carbonyl (C=O) groups excluding carboxylic acids is 2. The van der Waals surface area contributed by atoms with Gasteiger partial charge in [0.15, 0.2) is 0 Å². The number of carbonyl (C=O) groups is 2. The molecular weight excluding hydrogens is 420 g/mol. The second-order valence-electron chi connectivity index (χ2n) is 6.24.